The van der Waals surface area contributed by atoms with Gasteiger partial charge in [0.25, 0.3) is 0 Å². The molecule has 348 valence electrons. The number of nitrogens with zero attached hydrogens (tertiary/aromatic N) is 6. The molecule has 0 bridgehead atoms. The number of nitrogens with two attached hydrogens (primary N) is 2. The van der Waals surface area contributed by atoms with Gasteiger partial charge in [0.15, 0.2) is 5.82 Å². The van der Waals surface area contributed by atoms with Crippen LogP contribution < -0.4 is 22.1 Å². The van der Waals surface area contributed by atoms with Crippen LogP contribution in [0.5, 0.6) is 5.75 Å². The smallest absolute Gasteiger partial charge is 0.243 e. The Balaban J connectivity index is 0.909. The molecule has 4 aromatic rings. The quantitative estimate of drug-likeness (QED) is 0.0415. The number of anilines is 2. The topological polar surface area (TPSA) is 235 Å². The first kappa shape index (κ1) is 47.1. The van der Waals surface area contributed by atoms with Gasteiger partial charge in [-0.2, -0.15) is 5.10 Å². The molecule has 2 amide bonds. The number of amides is 2. The fourth-order valence-corrected chi connectivity index (χ4v) is 10.3. The van der Waals surface area contributed by atoms with Crippen molar-refractivity contribution in [2.75, 3.05) is 57.4 Å². The third kappa shape index (κ3) is 10.6. The van der Waals surface area contributed by atoms with Crippen molar-refractivity contribution in [1.82, 2.24) is 34.8 Å². The molecular weight excluding hydrogens is 843 g/mol. The second-order valence-corrected chi connectivity index (χ2v) is 19.0. The van der Waals surface area contributed by atoms with E-state index in [2.05, 4.69) is 20.5 Å². The molecule has 0 radical (unpaired) electrons. The van der Waals surface area contributed by atoms with Gasteiger partial charge in [0.05, 0.1) is 45.9 Å². The van der Waals surface area contributed by atoms with Crippen molar-refractivity contribution >= 4 is 52.3 Å². The third-order valence-corrected chi connectivity index (χ3v) is 14.3. The van der Waals surface area contributed by atoms with E-state index >= 15 is 0 Å². The van der Waals surface area contributed by atoms with Gasteiger partial charge in [-0.15, -0.1) is 11.3 Å². The third-order valence-electron chi connectivity index (χ3n) is 13.3. The van der Waals surface area contributed by atoms with Crippen molar-refractivity contribution in [2.45, 2.75) is 84.0 Å². The number of β-amino-alcohol motifs (C(OH)–C–C–N with tert-alkyl or cyclic N) is 1. The predicted octanol–water partition coefficient (Wildman–Crippen LogP) is 5.98. The Labute approximate surface area is 385 Å². The zero-order chi connectivity index (χ0) is 46.5. The highest BCUT2D eigenvalue weighted by atomic mass is 32.1. The number of para-hydroxylation sites is 1. The van der Waals surface area contributed by atoms with E-state index in [1.54, 1.807) is 42.7 Å². The number of aliphatic hydroxyl groups excluding tert-OH is 2. The highest BCUT2D eigenvalue weighted by Crippen LogP contribution is 2.35. The summed E-state index contributed by atoms with van der Waals surface area (Å²) in [5, 5.41) is 52.4. The maximum atomic E-state index is 14.2. The summed E-state index contributed by atoms with van der Waals surface area (Å²) in [4.78, 5) is 39.2. The molecule has 65 heavy (non-hydrogen) atoms. The molecule has 17 heteroatoms. The maximum absolute atomic E-state index is 14.2. The van der Waals surface area contributed by atoms with Gasteiger partial charge in [-0.25, -0.2) is 4.98 Å². The lowest BCUT2D eigenvalue weighted by molar-refractivity contribution is -0.142. The van der Waals surface area contributed by atoms with Crippen molar-refractivity contribution in [3.63, 3.8) is 0 Å². The second kappa shape index (κ2) is 20.5. The lowest BCUT2D eigenvalue weighted by atomic mass is 9.91. The average molecular weight is 908 g/mol. The van der Waals surface area contributed by atoms with Crippen LogP contribution in [0, 0.1) is 30.1 Å². The van der Waals surface area contributed by atoms with E-state index in [4.69, 9.17) is 22.0 Å². The van der Waals surface area contributed by atoms with E-state index in [1.807, 2.05) is 73.1 Å². The molecule has 2 aromatic heterocycles. The minimum absolute atomic E-state index is 0.0170. The van der Waals surface area contributed by atoms with Gasteiger partial charge in [0.1, 0.15) is 29.1 Å². The number of aromatic hydroxyl groups is 1. The van der Waals surface area contributed by atoms with Gasteiger partial charge in [-0.05, 0) is 80.7 Å². The number of phenols is 1. The fourth-order valence-electron chi connectivity index (χ4n) is 9.53. The van der Waals surface area contributed by atoms with Crippen molar-refractivity contribution in [1.29, 1.82) is 5.41 Å². The number of carbonyl (C=O) groups excluding carboxylic acids is 2. The Bertz CT molecular complexity index is 2380. The summed E-state index contributed by atoms with van der Waals surface area (Å²) in [6.07, 6.45) is 5.94. The van der Waals surface area contributed by atoms with Crippen LogP contribution in [0.3, 0.4) is 0 Å². The Kier molecular flexibility index (Phi) is 14.8. The van der Waals surface area contributed by atoms with Crippen molar-refractivity contribution in [3.8, 4) is 16.2 Å². The molecule has 0 spiro atoms. The zero-order valence-electron chi connectivity index (χ0n) is 38.1. The second-order valence-electron chi connectivity index (χ2n) is 18.1. The first-order chi connectivity index (χ1) is 31.1. The largest absolute Gasteiger partial charge is 0.511 e. The summed E-state index contributed by atoms with van der Waals surface area (Å²) in [5.41, 5.74) is 19.9. The van der Waals surface area contributed by atoms with Crippen molar-refractivity contribution < 1.29 is 24.9 Å². The Hall–Kier alpha value is -5.91. The molecule has 3 saturated heterocycles. The number of aliphatic hydroxyl groups is 2. The molecule has 3 aliphatic heterocycles. The van der Waals surface area contributed by atoms with Gasteiger partial charge < -0.3 is 52.1 Å². The van der Waals surface area contributed by atoms with Gasteiger partial charge in [-0.3, -0.25) is 19.7 Å². The number of phenolic OH excluding ortho intramolecular Hbond substituents is 1. The van der Waals surface area contributed by atoms with Crippen LogP contribution in [0.25, 0.3) is 22.2 Å². The van der Waals surface area contributed by atoms with Crippen LogP contribution in [0.1, 0.15) is 87.5 Å². The molecule has 0 aliphatic carbocycles. The Morgan fingerprint density at radius 3 is 2.35 bits per heavy atom. The number of thiazole rings is 1. The Morgan fingerprint density at radius 1 is 1.03 bits per heavy atom. The van der Waals surface area contributed by atoms with Crippen LogP contribution in [0.2, 0.25) is 0 Å². The minimum atomic E-state index is -0.985. The summed E-state index contributed by atoms with van der Waals surface area (Å²) in [7, 11) is 1.79. The molecule has 4 atom stereocenters. The standard InChI is InChI=1S/C48H65N11O5S/c1-28(2)43(48(64)58-26-35(60)22-39(58)47(63)54-29(3)32-10-12-33(13-11-32)45-30(4)53-27-65-45)41(62)24-42(50)57-20-14-31(15-21-57)25-56-18-16-34(17-19-56)59-38(44(51)46(52-5)55-59)23-37(49)36-8-6-7-9-40(36)61/h6-13,23-24,27-29,31,34-35,39,43,50,60-62H,14-22,25-26,49,51H2,1-5H3,(H,52,55)(H,54,63)/b37-23-,41-24-,50-42?/t29-,35+,39-,43?/m0/s1. The molecule has 1 unspecified atom stereocenters. The van der Waals surface area contributed by atoms with E-state index in [0.29, 0.717) is 47.5 Å². The van der Waals surface area contributed by atoms with Crippen LogP contribution in [-0.4, -0.2) is 121 Å². The summed E-state index contributed by atoms with van der Waals surface area (Å²) in [5.74, 6) is -1.06. The van der Waals surface area contributed by atoms with E-state index in [0.717, 1.165) is 67.0 Å². The SMILES string of the molecule is CNc1nn(C2CCN(CC3CCN(C(=N)/C=C(\O)C(C(=O)N4C[C@H](O)C[C@H]4C(=O)N[C@@H](C)c4ccc(-c5scnc5C)cc4)C(C)C)CC3)CC2)c(/C=C(\N)c2ccccc2O)c1N. The highest BCUT2D eigenvalue weighted by Gasteiger charge is 2.43. The van der Waals surface area contributed by atoms with Crippen LogP contribution in [0.15, 0.2) is 65.9 Å². The summed E-state index contributed by atoms with van der Waals surface area (Å²) in [6, 6.07) is 13.8. The fraction of sp³-hybridized carbons (Fsp3) is 0.479. The number of carbonyl (C=O) groups is 2. The monoisotopic (exact) mass is 907 g/mol. The lowest BCUT2D eigenvalue weighted by Crippen LogP contribution is -2.49. The van der Waals surface area contributed by atoms with E-state index < -0.39 is 24.0 Å². The first-order valence-corrected chi connectivity index (χ1v) is 23.6. The number of nitrogen functional groups attached to an aromatic ring is 1. The first-order valence-electron chi connectivity index (χ1n) is 22.7. The molecule has 0 saturated carbocycles. The zero-order valence-corrected chi connectivity index (χ0v) is 38.9. The van der Waals surface area contributed by atoms with Gasteiger partial charge in [-0.1, -0.05) is 50.2 Å². The van der Waals surface area contributed by atoms with E-state index in [1.165, 1.54) is 11.0 Å². The average Bonchev–Trinajstić information content (AvgIpc) is 4.00. The highest BCUT2D eigenvalue weighted by molar-refractivity contribution is 7.13. The summed E-state index contributed by atoms with van der Waals surface area (Å²) in [6.45, 7) is 11.6. The number of aromatic nitrogens is 3. The number of likely N-dealkylation sites (tertiary alicyclic amines) is 3. The number of benzene rings is 2. The van der Waals surface area contributed by atoms with Crippen molar-refractivity contribution in [2.24, 2.45) is 23.5 Å². The minimum Gasteiger partial charge on any atom is -0.511 e. The van der Waals surface area contributed by atoms with Crippen LogP contribution in [0.4, 0.5) is 11.5 Å². The van der Waals surface area contributed by atoms with Gasteiger partial charge >= 0.3 is 0 Å². The number of piperidine rings is 2. The molecule has 7 rings (SSSR count). The van der Waals surface area contributed by atoms with E-state index in [-0.39, 0.29) is 54.2 Å². The lowest BCUT2D eigenvalue weighted by Gasteiger charge is -2.38. The number of nitrogens with one attached hydrogen (secondary N) is 3. The molecular formula is C48H65N11O5S. The molecule has 5 heterocycles. The van der Waals surface area contributed by atoms with Gasteiger partial charge in [0, 0.05) is 70.1 Å². The molecule has 16 nitrogen and oxygen atoms in total. The summed E-state index contributed by atoms with van der Waals surface area (Å²) >= 11 is 1.58. The molecule has 10 N–H and O–H groups in total. The normalized spacial score (nSPS) is 20.3. The number of hydrogen-bond donors (Lipinski definition) is 8. The number of aryl methyl sites for hydroxylation is 1. The van der Waals surface area contributed by atoms with Crippen LogP contribution >= 0.6 is 11.3 Å². The number of amidine groups is 1. The molecule has 2 aromatic carbocycles. The molecule has 3 fully saturated rings. The van der Waals surface area contributed by atoms with E-state index in [9.17, 15) is 24.9 Å². The van der Waals surface area contributed by atoms with Crippen LogP contribution in [-0.2, 0) is 9.59 Å². The van der Waals surface area contributed by atoms with Gasteiger partial charge in [0.2, 0.25) is 11.8 Å². The van der Waals surface area contributed by atoms with Crippen molar-refractivity contribution in [3.05, 3.63) is 88.4 Å². The summed E-state index contributed by atoms with van der Waals surface area (Å²) < 4.78 is 1.97. The number of rotatable bonds is 14. The Morgan fingerprint density at radius 2 is 1.72 bits per heavy atom. The number of hydrogen-bond acceptors (Lipinski definition) is 13. The predicted molar refractivity (Wildman–Crippen MR) is 257 cm³/mol. The maximum Gasteiger partial charge on any atom is 0.243 e. The molecule has 3 aliphatic rings.